The first-order valence-corrected chi connectivity index (χ1v) is 6.08. The lowest BCUT2D eigenvalue weighted by molar-refractivity contribution is 0.625. The number of hydrogen-bond acceptors (Lipinski definition) is 3. The lowest BCUT2D eigenvalue weighted by atomic mass is 10.0. The monoisotopic (exact) mass is 265 g/mol. The van der Waals surface area contributed by atoms with Gasteiger partial charge < -0.3 is 5.32 Å². The van der Waals surface area contributed by atoms with Crippen LogP contribution in [0.5, 0.6) is 0 Å². The smallest absolute Gasteiger partial charge is 0.151 e. The van der Waals surface area contributed by atoms with Crippen LogP contribution in [0.25, 0.3) is 0 Å². The van der Waals surface area contributed by atoms with Gasteiger partial charge in [-0.3, -0.25) is 0 Å². The molecule has 94 valence electrons. The number of nitrogens with one attached hydrogen (secondary N) is 1. The van der Waals surface area contributed by atoms with Gasteiger partial charge in [-0.2, -0.15) is 0 Å². The largest absolute Gasteiger partial charge is 0.362 e. The van der Waals surface area contributed by atoms with Crippen molar-refractivity contribution in [2.75, 3.05) is 5.32 Å². The van der Waals surface area contributed by atoms with Crippen LogP contribution >= 0.6 is 11.6 Å². The Morgan fingerprint density at radius 1 is 1.17 bits per heavy atom. The molecule has 0 unspecified atom stereocenters. The molecule has 0 spiro atoms. The third-order valence-corrected chi connectivity index (χ3v) is 2.84. The maximum Gasteiger partial charge on any atom is 0.151 e. The van der Waals surface area contributed by atoms with Crippen molar-refractivity contribution in [1.82, 2.24) is 10.2 Å². The summed E-state index contributed by atoms with van der Waals surface area (Å²) in [6.07, 6.45) is 0.857. The van der Waals surface area contributed by atoms with Crippen molar-refractivity contribution in [2.45, 2.75) is 19.4 Å². The maximum absolute atomic E-state index is 12.9. The van der Waals surface area contributed by atoms with Crippen molar-refractivity contribution < 1.29 is 4.39 Å². The first kappa shape index (κ1) is 12.8. The molecule has 3 nitrogen and oxygen atoms in total. The predicted molar refractivity (Wildman–Crippen MR) is 70.1 cm³/mol. The highest BCUT2D eigenvalue weighted by molar-refractivity contribution is 6.29. The van der Waals surface area contributed by atoms with E-state index in [-0.39, 0.29) is 11.9 Å². The van der Waals surface area contributed by atoms with Crippen LogP contribution in [0.4, 0.5) is 10.2 Å². The minimum atomic E-state index is -0.236. The van der Waals surface area contributed by atoms with E-state index in [4.69, 9.17) is 11.6 Å². The first-order chi connectivity index (χ1) is 8.69. The summed E-state index contributed by atoms with van der Waals surface area (Å²) < 4.78 is 12.9. The second-order valence-electron chi connectivity index (χ2n) is 3.90. The van der Waals surface area contributed by atoms with Crippen molar-refractivity contribution >= 4 is 17.4 Å². The van der Waals surface area contributed by atoms with Crippen LogP contribution in [0.2, 0.25) is 5.15 Å². The zero-order chi connectivity index (χ0) is 13.0. The van der Waals surface area contributed by atoms with Gasteiger partial charge in [0.15, 0.2) is 5.15 Å². The molecule has 1 aromatic carbocycles. The van der Waals surface area contributed by atoms with Crippen molar-refractivity contribution in [2.24, 2.45) is 0 Å². The van der Waals surface area contributed by atoms with E-state index in [1.54, 1.807) is 24.3 Å². The molecule has 0 saturated heterocycles. The molecule has 0 saturated carbocycles. The van der Waals surface area contributed by atoms with Gasteiger partial charge in [0.05, 0.1) is 6.04 Å². The van der Waals surface area contributed by atoms with Gasteiger partial charge in [-0.1, -0.05) is 30.7 Å². The van der Waals surface area contributed by atoms with Gasteiger partial charge in [-0.25, -0.2) is 4.39 Å². The lowest BCUT2D eigenvalue weighted by Gasteiger charge is -2.17. The minimum absolute atomic E-state index is 0.0704. The van der Waals surface area contributed by atoms with Gasteiger partial charge in [0.2, 0.25) is 0 Å². The molecule has 1 aromatic heterocycles. The molecule has 0 aliphatic heterocycles. The fraction of sp³-hybridized carbons (Fsp3) is 0.231. The molecule has 1 heterocycles. The summed E-state index contributed by atoms with van der Waals surface area (Å²) in [7, 11) is 0. The minimum Gasteiger partial charge on any atom is -0.362 e. The molecule has 2 aromatic rings. The molecule has 1 N–H and O–H groups in total. The molecule has 0 aliphatic carbocycles. The Kier molecular flexibility index (Phi) is 4.10. The highest BCUT2D eigenvalue weighted by Gasteiger charge is 2.10. The Hall–Kier alpha value is -1.68. The third-order valence-electron chi connectivity index (χ3n) is 2.63. The topological polar surface area (TPSA) is 37.8 Å². The van der Waals surface area contributed by atoms with Gasteiger partial charge in [-0.05, 0) is 36.2 Å². The van der Waals surface area contributed by atoms with Gasteiger partial charge in [0, 0.05) is 0 Å². The Bertz CT molecular complexity index is 499. The standard InChI is InChI=1S/C13H13ClFN3/c1-2-11(9-3-5-10(15)6-4-9)16-13-8-7-12(14)17-18-13/h3-8,11H,2H2,1H3,(H,16,18)/t11-/m0/s1. The van der Waals surface area contributed by atoms with E-state index in [0.29, 0.717) is 11.0 Å². The van der Waals surface area contributed by atoms with Crippen molar-refractivity contribution in [3.8, 4) is 0 Å². The van der Waals surface area contributed by atoms with E-state index in [0.717, 1.165) is 12.0 Å². The van der Waals surface area contributed by atoms with E-state index in [2.05, 4.69) is 15.5 Å². The summed E-state index contributed by atoms with van der Waals surface area (Å²) in [6, 6.07) is 9.94. The van der Waals surface area contributed by atoms with Gasteiger partial charge in [0.1, 0.15) is 11.6 Å². The number of hydrogen-bond donors (Lipinski definition) is 1. The average Bonchev–Trinajstić information content (AvgIpc) is 2.39. The Balaban J connectivity index is 2.14. The zero-order valence-electron chi connectivity index (χ0n) is 9.90. The van der Waals surface area contributed by atoms with Gasteiger partial charge >= 0.3 is 0 Å². The number of rotatable bonds is 4. The summed E-state index contributed by atoms with van der Waals surface area (Å²) in [6.45, 7) is 2.05. The van der Waals surface area contributed by atoms with Crippen molar-refractivity contribution in [1.29, 1.82) is 0 Å². The Labute approximate surface area is 110 Å². The van der Waals surface area contributed by atoms with E-state index >= 15 is 0 Å². The van der Waals surface area contributed by atoms with Crippen molar-refractivity contribution in [3.05, 3.63) is 52.9 Å². The molecule has 0 fully saturated rings. The summed E-state index contributed by atoms with van der Waals surface area (Å²) >= 11 is 5.67. The lowest BCUT2D eigenvalue weighted by Crippen LogP contribution is -2.11. The first-order valence-electron chi connectivity index (χ1n) is 5.70. The number of nitrogens with zero attached hydrogens (tertiary/aromatic N) is 2. The average molecular weight is 266 g/mol. The highest BCUT2D eigenvalue weighted by atomic mass is 35.5. The van der Waals surface area contributed by atoms with Gasteiger partial charge in [0.25, 0.3) is 0 Å². The maximum atomic E-state index is 12.9. The van der Waals surface area contributed by atoms with Crippen LogP contribution in [-0.2, 0) is 0 Å². The Morgan fingerprint density at radius 3 is 2.44 bits per heavy atom. The fourth-order valence-corrected chi connectivity index (χ4v) is 1.79. The SMILES string of the molecule is CC[C@H](Nc1ccc(Cl)nn1)c1ccc(F)cc1. The summed E-state index contributed by atoms with van der Waals surface area (Å²) in [5, 5.41) is 11.3. The van der Waals surface area contributed by atoms with E-state index in [1.807, 2.05) is 6.92 Å². The van der Waals surface area contributed by atoms with Crippen LogP contribution in [0, 0.1) is 5.82 Å². The number of halogens is 2. The molecule has 18 heavy (non-hydrogen) atoms. The van der Waals surface area contributed by atoms with Crippen molar-refractivity contribution in [3.63, 3.8) is 0 Å². The molecule has 0 radical (unpaired) electrons. The second-order valence-corrected chi connectivity index (χ2v) is 4.29. The molecule has 0 bridgehead atoms. The molecule has 5 heteroatoms. The van der Waals surface area contributed by atoms with Crippen LogP contribution in [0.15, 0.2) is 36.4 Å². The van der Waals surface area contributed by atoms with E-state index in [1.165, 1.54) is 12.1 Å². The molecule has 0 aliphatic rings. The summed E-state index contributed by atoms with van der Waals surface area (Å²) in [5.74, 6) is 0.412. The molecule has 1 atom stereocenters. The quantitative estimate of drug-likeness (QED) is 0.913. The highest BCUT2D eigenvalue weighted by Crippen LogP contribution is 2.21. The molecular weight excluding hydrogens is 253 g/mol. The Morgan fingerprint density at radius 2 is 1.89 bits per heavy atom. The molecule has 2 rings (SSSR count). The molecular formula is C13H13ClFN3. The summed E-state index contributed by atoms with van der Waals surface area (Å²) in [5.41, 5.74) is 1.01. The van der Waals surface area contributed by atoms with Gasteiger partial charge in [-0.15, -0.1) is 10.2 Å². The van der Waals surface area contributed by atoms with Crippen LogP contribution in [0.1, 0.15) is 24.9 Å². The van der Waals surface area contributed by atoms with E-state index in [9.17, 15) is 4.39 Å². The second kappa shape index (κ2) is 5.78. The number of aromatic nitrogens is 2. The number of benzene rings is 1. The summed E-state index contributed by atoms with van der Waals surface area (Å²) in [4.78, 5) is 0. The van der Waals surface area contributed by atoms with Crippen LogP contribution in [-0.4, -0.2) is 10.2 Å². The fourth-order valence-electron chi connectivity index (χ4n) is 1.69. The molecule has 0 amide bonds. The van der Waals surface area contributed by atoms with Crippen LogP contribution < -0.4 is 5.32 Å². The number of anilines is 1. The predicted octanol–water partition coefficient (Wildman–Crippen LogP) is 3.83. The van der Waals surface area contributed by atoms with E-state index < -0.39 is 0 Å². The zero-order valence-corrected chi connectivity index (χ0v) is 10.7. The normalized spacial score (nSPS) is 12.2. The van der Waals surface area contributed by atoms with Crippen LogP contribution in [0.3, 0.4) is 0 Å². The third kappa shape index (κ3) is 3.17.